The Bertz CT molecular complexity index is 188. The molecule has 1 aliphatic rings. The average Bonchev–Trinajstić information content (AvgIpc) is 2.15. The van der Waals surface area contributed by atoms with Crippen LogP contribution in [0.1, 0.15) is 60.3 Å². The lowest BCUT2D eigenvalue weighted by Gasteiger charge is -2.43. The molecule has 0 aromatic carbocycles. The molecule has 0 spiro atoms. The molecule has 0 aliphatic heterocycles. The minimum Gasteiger partial charge on any atom is -0.390 e. The van der Waals surface area contributed by atoms with Crippen molar-refractivity contribution < 1.29 is 5.11 Å². The molecule has 0 aromatic rings. The third kappa shape index (κ3) is 2.96. The summed E-state index contributed by atoms with van der Waals surface area (Å²) in [7, 11) is 0. The van der Waals surface area contributed by atoms with Crippen molar-refractivity contribution in [2.75, 3.05) is 0 Å². The minimum atomic E-state index is -0.461. The van der Waals surface area contributed by atoms with E-state index in [9.17, 15) is 5.11 Å². The second-order valence-corrected chi connectivity index (χ2v) is 6.15. The van der Waals surface area contributed by atoms with Crippen LogP contribution >= 0.6 is 0 Å². The van der Waals surface area contributed by atoms with Gasteiger partial charge in [0.1, 0.15) is 0 Å². The molecule has 1 heteroatoms. The van der Waals surface area contributed by atoms with E-state index in [0.717, 1.165) is 18.3 Å². The van der Waals surface area contributed by atoms with Crippen molar-refractivity contribution in [1.82, 2.24) is 0 Å². The van der Waals surface area contributed by atoms with E-state index in [0.29, 0.717) is 11.8 Å². The molecule has 0 aromatic heterocycles. The molecular formula is C14H28O. The standard InChI is InChI=1S/C14H28O/c1-6-12(4)14(5,15)13-8-10(2)7-11(3)9-13/h10-13,15H,6-9H2,1-5H3. The Morgan fingerprint density at radius 1 is 1.20 bits per heavy atom. The first-order valence-corrected chi connectivity index (χ1v) is 6.60. The normalized spacial score (nSPS) is 38.4. The first-order valence-electron chi connectivity index (χ1n) is 6.60. The summed E-state index contributed by atoms with van der Waals surface area (Å²) >= 11 is 0. The molecule has 1 fully saturated rings. The molecule has 90 valence electrons. The summed E-state index contributed by atoms with van der Waals surface area (Å²) < 4.78 is 0. The van der Waals surface area contributed by atoms with Crippen LogP contribution in [0.3, 0.4) is 0 Å². The van der Waals surface area contributed by atoms with Crippen LogP contribution in [-0.4, -0.2) is 10.7 Å². The zero-order chi connectivity index (χ0) is 11.6. The monoisotopic (exact) mass is 212 g/mol. The molecule has 4 atom stereocenters. The van der Waals surface area contributed by atoms with Gasteiger partial charge in [0, 0.05) is 0 Å². The van der Waals surface area contributed by atoms with E-state index in [-0.39, 0.29) is 0 Å². The highest BCUT2D eigenvalue weighted by molar-refractivity contribution is 4.90. The quantitative estimate of drug-likeness (QED) is 0.753. The molecule has 0 amide bonds. The average molecular weight is 212 g/mol. The second kappa shape index (κ2) is 4.86. The summed E-state index contributed by atoms with van der Waals surface area (Å²) in [4.78, 5) is 0. The summed E-state index contributed by atoms with van der Waals surface area (Å²) in [6, 6.07) is 0. The van der Waals surface area contributed by atoms with E-state index in [1.807, 2.05) is 0 Å². The molecular weight excluding hydrogens is 184 g/mol. The molecule has 1 nitrogen and oxygen atoms in total. The lowest BCUT2D eigenvalue weighted by atomic mass is 9.66. The number of hydrogen-bond acceptors (Lipinski definition) is 1. The van der Waals surface area contributed by atoms with Crippen LogP contribution in [0.2, 0.25) is 0 Å². The van der Waals surface area contributed by atoms with Gasteiger partial charge < -0.3 is 5.11 Å². The summed E-state index contributed by atoms with van der Waals surface area (Å²) in [5, 5.41) is 10.6. The van der Waals surface area contributed by atoms with Crippen LogP contribution in [-0.2, 0) is 0 Å². The highest BCUT2D eigenvalue weighted by atomic mass is 16.3. The molecule has 1 saturated carbocycles. The molecule has 1 aliphatic carbocycles. The van der Waals surface area contributed by atoms with E-state index in [2.05, 4.69) is 34.6 Å². The van der Waals surface area contributed by atoms with Crippen molar-refractivity contribution in [3.63, 3.8) is 0 Å². The maximum Gasteiger partial charge on any atom is 0.0673 e. The predicted molar refractivity (Wildman–Crippen MR) is 65.7 cm³/mol. The number of aliphatic hydroxyl groups is 1. The first kappa shape index (κ1) is 13.0. The van der Waals surface area contributed by atoms with Crippen LogP contribution < -0.4 is 0 Å². The smallest absolute Gasteiger partial charge is 0.0673 e. The molecule has 0 radical (unpaired) electrons. The SMILES string of the molecule is CCC(C)C(C)(O)C1CC(C)CC(C)C1. The van der Waals surface area contributed by atoms with Crippen molar-refractivity contribution in [2.45, 2.75) is 65.9 Å². The summed E-state index contributed by atoms with van der Waals surface area (Å²) in [6.45, 7) is 11.1. The highest BCUT2D eigenvalue weighted by Gasteiger charge is 2.39. The summed E-state index contributed by atoms with van der Waals surface area (Å²) in [5.74, 6) is 2.50. The maximum absolute atomic E-state index is 10.6. The van der Waals surface area contributed by atoms with E-state index in [1.54, 1.807) is 0 Å². The van der Waals surface area contributed by atoms with Gasteiger partial charge in [0.15, 0.2) is 0 Å². The Balaban J connectivity index is 2.69. The van der Waals surface area contributed by atoms with E-state index >= 15 is 0 Å². The van der Waals surface area contributed by atoms with Crippen LogP contribution in [0.15, 0.2) is 0 Å². The Kier molecular flexibility index (Phi) is 4.22. The van der Waals surface area contributed by atoms with Crippen molar-refractivity contribution in [2.24, 2.45) is 23.7 Å². The van der Waals surface area contributed by atoms with Gasteiger partial charge in [0.05, 0.1) is 5.60 Å². The molecule has 1 N–H and O–H groups in total. The zero-order valence-corrected chi connectivity index (χ0v) is 11.1. The molecule has 0 bridgehead atoms. The second-order valence-electron chi connectivity index (χ2n) is 6.15. The van der Waals surface area contributed by atoms with Crippen LogP contribution in [0, 0.1) is 23.7 Å². The Labute approximate surface area is 95.3 Å². The number of hydrogen-bond donors (Lipinski definition) is 1. The van der Waals surface area contributed by atoms with E-state index < -0.39 is 5.60 Å². The van der Waals surface area contributed by atoms with Gasteiger partial charge in [-0.05, 0) is 49.9 Å². The number of rotatable bonds is 3. The van der Waals surface area contributed by atoms with E-state index in [4.69, 9.17) is 0 Å². The van der Waals surface area contributed by atoms with Gasteiger partial charge in [-0.15, -0.1) is 0 Å². The lowest BCUT2D eigenvalue weighted by molar-refractivity contribution is -0.0740. The Morgan fingerprint density at radius 2 is 1.67 bits per heavy atom. The fourth-order valence-electron chi connectivity index (χ4n) is 3.24. The van der Waals surface area contributed by atoms with Crippen molar-refractivity contribution in [1.29, 1.82) is 0 Å². The molecule has 4 unspecified atom stereocenters. The maximum atomic E-state index is 10.6. The topological polar surface area (TPSA) is 20.2 Å². The highest BCUT2D eigenvalue weighted by Crippen LogP contribution is 2.42. The van der Waals surface area contributed by atoms with Gasteiger partial charge in [-0.2, -0.15) is 0 Å². The Morgan fingerprint density at radius 3 is 2.07 bits per heavy atom. The van der Waals surface area contributed by atoms with E-state index in [1.165, 1.54) is 19.3 Å². The van der Waals surface area contributed by atoms with Crippen LogP contribution in [0.5, 0.6) is 0 Å². The largest absolute Gasteiger partial charge is 0.390 e. The summed E-state index contributed by atoms with van der Waals surface area (Å²) in [6.07, 6.45) is 4.84. The van der Waals surface area contributed by atoms with Gasteiger partial charge in [0.25, 0.3) is 0 Å². The molecule has 0 saturated heterocycles. The summed E-state index contributed by atoms with van der Waals surface area (Å²) in [5.41, 5.74) is -0.461. The fourth-order valence-corrected chi connectivity index (χ4v) is 3.24. The zero-order valence-electron chi connectivity index (χ0n) is 11.1. The van der Waals surface area contributed by atoms with Crippen LogP contribution in [0.4, 0.5) is 0 Å². The minimum absolute atomic E-state index is 0.417. The van der Waals surface area contributed by atoms with Gasteiger partial charge in [-0.1, -0.05) is 34.1 Å². The Hall–Kier alpha value is -0.0400. The van der Waals surface area contributed by atoms with Crippen molar-refractivity contribution in [3.05, 3.63) is 0 Å². The predicted octanol–water partition coefficient (Wildman–Crippen LogP) is 3.86. The molecule has 1 rings (SSSR count). The lowest BCUT2D eigenvalue weighted by Crippen LogP contribution is -2.44. The third-order valence-electron chi connectivity index (χ3n) is 4.62. The van der Waals surface area contributed by atoms with Crippen molar-refractivity contribution in [3.8, 4) is 0 Å². The molecule has 0 heterocycles. The molecule has 15 heavy (non-hydrogen) atoms. The first-order chi connectivity index (χ1) is 6.87. The van der Waals surface area contributed by atoms with Crippen LogP contribution in [0.25, 0.3) is 0 Å². The third-order valence-corrected chi connectivity index (χ3v) is 4.62. The van der Waals surface area contributed by atoms with Gasteiger partial charge in [-0.3, -0.25) is 0 Å². The van der Waals surface area contributed by atoms with Gasteiger partial charge >= 0.3 is 0 Å². The van der Waals surface area contributed by atoms with Gasteiger partial charge in [0.2, 0.25) is 0 Å². The van der Waals surface area contributed by atoms with Gasteiger partial charge in [-0.25, -0.2) is 0 Å². The van der Waals surface area contributed by atoms with Crippen molar-refractivity contribution >= 4 is 0 Å². The fraction of sp³-hybridized carbons (Fsp3) is 1.00.